The Morgan fingerprint density at radius 1 is 0.736 bits per heavy atom. The van der Waals surface area contributed by atoms with Gasteiger partial charge in [0, 0.05) is 74.0 Å². The number of hydrogen-bond acceptors (Lipinski definition) is 17. The van der Waals surface area contributed by atoms with Gasteiger partial charge < -0.3 is 79.7 Å². The number of fused-ring (bicyclic) bond motifs is 6. The van der Waals surface area contributed by atoms with Gasteiger partial charge in [-0.25, -0.2) is 9.69 Å². The molecule has 106 heavy (non-hydrogen) atoms. The molecule has 6 aromatic carbocycles. The Balaban J connectivity index is 0.590. The van der Waals surface area contributed by atoms with Gasteiger partial charge in [0.25, 0.3) is 11.8 Å². The van der Waals surface area contributed by atoms with Crippen LogP contribution >= 0.6 is 0 Å². The van der Waals surface area contributed by atoms with Gasteiger partial charge in [-0.1, -0.05) is 86.7 Å². The SMILES string of the molecule is CC[C@H](C)[C@H](NC(=O)[C@@H]1CCCN1C(=O)CNC(=O)CNC(=O)CCC(=O)N1Cc2ccccc2C#Cc2ccccc21)C(=O)Nc1ccc(COC(=O)N2c3cc(OCCCOc4cc5c(cc4OC)C(=O)N4C=C(c6ccc(OC)cc6)C[C@H]4CN5)c(OC)cc3C(=O)N3CC4(CC4)C[C@H]3C2O)cc1. The van der Waals surface area contributed by atoms with Crippen molar-refractivity contribution in [3.05, 3.63) is 166 Å². The van der Waals surface area contributed by atoms with Gasteiger partial charge in [-0.3, -0.25) is 38.4 Å². The smallest absolute Gasteiger partial charge is 0.416 e. The maximum Gasteiger partial charge on any atom is 0.416 e. The second-order valence-electron chi connectivity index (χ2n) is 27.8. The van der Waals surface area contributed by atoms with Crippen LogP contribution in [0, 0.1) is 23.2 Å². The average molecular weight is 1440 g/mol. The van der Waals surface area contributed by atoms with Crippen molar-refractivity contribution < 1.29 is 76.7 Å². The molecule has 1 unspecified atom stereocenters. The molecule has 0 aromatic heterocycles. The highest BCUT2D eigenvalue weighted by Crippen LogP contribution is 2.57. The standard InChI is InChI=1S/C80H86N10O16/c1-6-48(2)73(85-74(95)62-17-11-32-86(62)72(94)43-83-70(92)42-82-69(91)28-29-71(93)88-44-53-15-8-7-13-50(53)20-21-52-14-9-10-16-61(52)88)75(96)84-55-24-18-49(19-25-55)46-106-79(100)90-63-39-68(66(103-5)37-59(63)77(98)89-47-80(30-31-80)40-64(89)78(90)99)105-34-12-33-104-67-38-60-58(36-65(67)102-4)76(97)87-45-54(35-56(87)41-81-60)51-22-26-57(101-3)27-23-51/h7-10,13-16,18-19,22-27,36-39,45,48,56,62,64,73,78,81,99H,6,11-12,17,28-35,40-44,46-47H2,1-5H3,(H,82,91)(H,83,92)(H,84,96)(H,85,95)/t48-,56-,62-,64-,73-,78?/m0/s1. The molecule has 26 heteroatoms. The highest BCUT2D eigenvalue weighted by Gasteiger charge is 2.58. The van der Waals surface area contributed by atoms with Gasteiger partial charge in [-0.15, -0.1) is 0 Å². The highest BCUT2D eigenvalue weighted by atomic mass is 16.6. The third kappa shape index (κ3) is 15.8. The van der Waals surface area contributed by atoms with Gasteiger partial charge in [-0.2, -0.15) is 0 Å². The summed E-state index contributed by atoms with van der Waals surface area (Å²) in [4.78, 5) is 132. The molecule has 1 saturated carbocycles. The molecule has 552 valence electrons. The molecule has 13 rings (SSSR count). The van der Waals surface area contributed by atoms with Crippen molar-refractivity contribution in [2.45, 2.75) is 122 Å². The van der Waals surface area contributed by atoms with E-state index in [9.17, 15) is 48.3 Å². The number of rotatable bonds is 25. The molecule has 0 bridgehead atoms. The fraction of sp³-hybridized carbons (Fsp3) is 0.388. The minimum Gasteiger partial charge on any atom is -0.497 e. The summed E-state index contributed by atoms with van der Waals surface area (Å²) in [5.74, 6) is 4.37. The fourth-order valence-corrected chi connectivity index (χ4v) is 14.6. The first-order chi connectivity index (χ1) is 51.3. The van der Waals surface area contributed by atoms with Crippen molar-refractivity contribution in [3.63, 3.8) is 0 Å². The van der Waals surface area contributed by atoms with Crippen LogP contribution in [0.1, 0.15) is 127 Å². The van der Waals surface area contributed by atoms with Gasteiger partial charge in [0.15, 0.2) is 29.2 Å². The number of nitrogens with zero attached hydrogens (tertiary/aromatic N) is 5. The van der Waals surface area contributed by atoms with E-state index in [0.29, 0.717) is 96.9 Å². The number of amides is 9. The number of nitrogens with one attached hydrogen (secondary N) is 5. The second kappa shape index (κ2) is 31.8. The molecule has 6 N–H and O–H groups in total. The maximum absolute atomic E-state index is 14.6. The molecule has 2 saturated heterocycles. The molecule has 1 spiro atoms. The van der Waals surface area contributed by atoms with Crippen LogP contribution in [0.15, 0.2) is 128 Å². The minimum atomic E-state index is -1.50. The van der Waals surface area contributed by atoms with Crippen LogP contribution in [0.2, 0.25) is 0 Å². The lowest BCUT2D eigenvalue weighted by atomic mass is 9.97. The van der Waals surface area contributed by atoms with Crippen LogP contribution in [-0.4, -0.2) is 171 Å². The summed E-state index contributed by atoms with van der Waals surface area (Å²) in [6.45, 7) is 4.23. The lowest BCUT2D eigenvalue weighted by Crippen LogP contribution is -2.55. The van der Waals surface area contributed by atoms with E-state index in [4.69, 9.17) is 28.4 Å². The molecule has 6 heterocycles. The van der Waals surface area contributed by atoms with Crippen LogP contribution < -0.4 is 60.1 Å². The van der Waals surface area contributed by atoms with Crippen LogP contribution in [0.3, 0.4) is 0 Å². The first-order valence-corrected chi connectivity index (χ1v) is 35.9. The summed E-state index contributed by atoms with van der Waals surface area (Å²) >= 11 is 0. The zero-order valence-corrected chi connectivity index (χ0v) is 59.8. The average Bonchev–Trinajstić information content (AvgIpc) is 1.56. The number of hydrogen-bond donors (Lipinski definition) is 6. The van der Waals surface area contributed by atoms with Gasteiger partial charge in [-0.05, 0) is 127 Å². The number of likely N-dealkylation sites (tertiary alicyclic amines) is 1. The van der Waals surface area contributed by atoms with Crippen molar-refractivity contribution >= 4 is 81.7 Å². The molecule has 3 fully saturated rings. The van der Waals surface area contributed by atoms with E-state index >= 15 is 0 Å². The molecular weight excluding hydrogens is 1360 g/mol. The first kappa shape index (κ1) is 72.8. The Morgan fingerprint density at radius 3 is 2.16 bits per heavy atom. The van der Waals surface area contributed by atoms with Crippen molar-refractivity contribution in [2.75, 3.05) is 87.7 Å². The Morgan fingerprint density at radius 2 is 1.43 bits per heavy atom. The topological polar surface area (TPSA) is 306 Å². The third-order valence-electron chi connectivity index (χ3n) is 20.9. The van der Waals surface area contributed by atoms with Crippen LogP contribution in [0.5, 0.6) is 28.7 Å². The summed E-state index contributed by atoms with van der Waals surface area (Å²) in [6.07, 6.45) is 3.78. The lowest BCUT2D eigenvalue weighted by molar-refractivity contribution is -0.139. The number of para-hydroxylation sites is 1. The second-order valence-corrected chi connectivity index (χ2v) is 27.8. The number of carbonyl (C=O) groups is 9. The molecule has 6 atom stereocenters. The Bertz CT molecular complexity index is 4510. The highest BCUT2D eigenvalue weighted by molar-refractivity contribution is 6.07. The molecule has 6 aromatic rings. The van der Waals surface area contributed by atoms with Crippen molar-refractivity contribution in [1.29, 1.82) is 0 Å². The van der Waals surface area contributed by atoms with Crippen molar-refractivity contribution in [3.8, 4) is 40.6 Å². The quantitative estimate of drug-likeness (QED) is 0.0233. The van der Waals surface area contributed by atoms with Crippen LogP contribution in [0.25, 0.3) is 5.57 Å². The molecule has 26 nitrogen and oxygen atoms in total. The van der Waals surface area contributed by atoms with Crippen LogP contribution in [0.4, 0.5) is 27.5 Å². The van der Waals surface area contributed by atoms with E-state index < -0.39 is 73.1 Å². The maximum atomic E-state index is 14.6. The van der Waals surface area contributed by atoms with E-state index in [1.54, 1.807) is 58.2 Å². The normalized spacial score (nSPS) is 19.0. The summed E-state index contributed by atoms with van der Waals surface area (Å²) in [7, 11) is 4.58. The third-order valence-corrected chi connectivity index (χ3v) is 20.9. The minimum absolute atomic E-state index is 0.0634. The summed E-state index contributed by atoms with van der Waals surface area (Å²) in [6, 6.07) is 32.9. The number of anilines is 4. The predicted molar refractivity (Wildman–Crippen MR) is 392 cm³/mol. The summed E-state index contributed by atoms with van der Waals surface area (Å²) < 4.78 is 35.3. The number of benzene rings is 6. The number of methoxy groups -OCH3 is 3. The molecule has 9 amide bonds. The zero-order valence-electron chi connectivity index (χ0n) is 59.8. The number of aliphatic hydroxyl groups excluding tert-OH is 1. The van der Waals surface area contributed by atoms with Crippen LogP contribution in [-0.2, 0) is 46.7 Å². The summed E-state index contributed by atoms with van der Waals surface area (Å²) in [5.41, 5.74) is 7.03. The fourth-order valence-electron chi connectivity index (χ4n) is 14.6. The van der Waals surface area contributed by atoms with Gasteiger partial charge >= 0.3 is 6.09 Å². The largest absolute Gasteiger partial charge is 0.497 e. The van der Waals surface area contributed by atoms with Gasteiger partial charge in [0.2, 0.25) is 35.4 Å². The molecule has 6 aliphatic heterocycles. The van der Waals surface area contributed by atoms with E-state index in [1.807, 2.05) is 92.8 Å². The zero-order chi connectivity index (χ0) is 74.3. The van der Waals surface area contributed by atoms with E-state index in [2.05, 4.69) is 38.4 Å². The Labute approximate surface area is 614 Å². The van der Waals surface area contributed by atoms with E-state index in [1.165, 1.54) is 31.3 Å². The number of carbonyl (C=O) groups excluding carboxylic acids is 9. The number of aliphatic hydroxyl groups is 1. The number of ether oxygens (including phenoxy) is 6. The molecule has 1 aliphatic carbocycles. The van der Waals surface area contributed by atoms with Crippen molar-refractivity contribution in [1.82, 2.24) is 30.7 Å². The lowest BCUT2D eigenvalue weighted by Gasteiger charge is -2.31. The molecule has 0 radical (unpaired) electrons. The van der Waals surface area contributed by atoms with Crippen molar-refractivity contribution in [2.24, 2.45) is 11.3 Å². The molecular formula is C80H86N10O16. The predicted octanol–water partition coefficient (Wildman–Crippen LogP) is 8.13. The monoisotopic (exact) mass is 1440 g/mol. The van der Waals surface area contributed by atoms with Gasteiger partial charge in [0.05, 0.1) is 94.5 Å². The molecule has 7 aliphatic rings. The van der Waals surface area contributed by atoms with E-state index in [0.717, 1.165) is 45.8 Å². The summed E-state index contributed by atoms with van der Waals surface area (Å²) in [5, 5.41) is 26.5. The van der Waals surface area contributed by atoms with E-state index in [-0.39, 0.29) is 104 Å². The Kier molecular flexibility index (Phi) is 21.8. The van der Waals surface area contributed by atoms with Gasteiger partial charge in [0.1, 0.15) is 24.4 Å². The Hall–Kier alpha value is -11.6. The first-order valence-electron chi connectivity index (χ1n) is 35.9.